The molecule has 0 bridgehead atoms. The van der Waals surface area contributed by atoms with Crippen molar-refractivity contribution >= 4 is 22.2 Å². The van der Waals surface area contributed by atoms with Gasteiger partial charge in [0.05, 0.1) is 12.2 Å². The fourth-order valence-electron chi connectivity index (χ4n) is 3.50. The first-order chi connectivity index (χ1) is 13.7. The minimum Gasteiger partial charge on any atom is -0.492 e. The van der Waals surface area contributed by atoms with Crippen molar-refractivity contribution in [3.05, 3.63) is 53.6 Å². The number of thiazole rings is 1. The van der Waals surface area contributed by atoms with E-state index in [0.29, 0.717) is 31.9 Å². The van der Waals surface area contributed by atoms with Crippen LogP contribution in [0.25, 0.3) is 4.96 Å². The van der Waals surface area contributed by atoms with Gasteiger partial charge in [0.15, 0.2) is 4.96 Å². The molecule has 4 rings (SSSR count). The number of amides is 1. The summed E-state index contributed by atoms with van der Waals surface area (Å²) >= 11 is 1.60. The van der Waals surface area contributed by atoms with Crippen molar-refractivity contribution in [1.82, 2.24) is 19.6 Å². The van der Waals surface area contributed by atoms with E-state index in [-0.39, 0.29) is 17.8 Å². The van der Waals surface area contributed by atoms with Crippen LogP contribution in [0.5, 0.6) is 5.75 Å². The number of nitrogens with one attached hydrogen (secondary N) is 1. The van der Waals surface area contributed by atoms with Crippen LogP contribution in [0.4, 0.5) is 4.39 Å². The Morgan fingerprint density at radius 2 is 2.14 bits per heavy atom. The Kier molecular flexibility index (Phi) is 5.87. The number of rotatable bonds is 9. The highest BCUT2D eigenvalue weighted by Gasteiger charge is 2.30. The lowest BCUT2D eigenvalue weighted by Crippen LogP contribution is -2.35. The van der Waals surface area contributed by atoms with Crippen molar-refractivity contribution < 1.29 is 13.9 Å². The van der Waals surface area contributed by atoms with E-state index in [4.69, 9.17) is 4.74 Å². The number of carbonyl (C=O) groups is 1. The van der Waals surface area contributed by atoms with E-state index in [0.717, 1.165) is 30.0 Å². The van der Waals surface area contributed by atoms with E-state index < -0.39 is 0 Å². The third-order valence-electron chi connectivity index (χ3n) is 4.94. The molecule has 1 amide bonds. The van der Waals surface area contributed by atoms with Crippen molar-refractivity contribution in [2.75, 3.05) is 19.7 Å². The Balaban J connectivity index is 1.19. The van der Waals surface area contributed by atoms with Crippen LogP contribution >= 0.6 is 11.3 Å². The van der Waals surface area contributed by atoms with Crippen LogP contribution < -0.4 is 10.1 Å². The number of halogens is 1. The molecule has 28 heavy (non-hydrogen) atoms. The molecule has 1 aromatic carbocycles. The van der Waals surface area contributed by atoms with Crippen LogP contribution in [-0.2, 0) is 11.3 Å². The van der Waals surface area contributed by atoms with Gasteiger partial charge in [0, 0.05) is 36.8 Å². The van der Waals surface area contributed by atoms with Crippen LogP contribution in [0.2, 0.25) is 0 Å². The van der Waals surface area contributed by atoms with Crippen LogP contribution in [0.15, 0.2) is 42.0 Å². The maximum Gasteiger partial charge on any atom is 0.223 e. The molecule has 2 aromatic heterocycles. The molecule has 0 saturated carbocycles. The normalized spacial score (nSPS) is 17.0. The Morgan fingerprint density at radius 3 is 2.96 bits per heavy atom. The van der Waals surface area contributed by atoms with Crippen LogP contribution in [0.1, 0.15) is 25.0 Å². The zero-order valence-corrected chi connectivity index (χ0v) is 16.3. The third kappa shape index (κ3) is 4.51. The van der Waals surface area contributed by atoms with Gasteiger partial charge in [-0.2, -0.15) is 0 Å². The average Bonchev–Trinajstić information content (AvgIpc) is 3.37. The quantitative estimate of drug-likeness (QED) is 0.559. The van der Waals surface area contributed by atoms with Crippen LogP contribution in [0.3, 0.4) is 0 Å². The number of nitrogens with zero attached hydrogens (tertiary/aromatic N) is 3. The Bertz CT molecular complexity index is 895. The molecule has 1 N–H and O–H groups in total. The molecule has 0 aliphatic carbocycles. The van der Waals surface area contributed by atoms with E-state index >= 15 is 0 Å². The van der Waals surface area contributed by atoms with E-state index in [1.807, 2.05) is 27.1 Å². The predicted molar refractivity (Wildman–Crippen MR) is 106 cm³/mol. The summed E-state index contributed by atoms with van der Waals surface area (Å²) in [4.78, 5) is 19.8. The van der Waals surface area contributed by atoms with Gasteiger partial charge in [-0.15, -0.1) is 11.3 Å². The summed E-state index contributed by atoms with van der Waals surface area (Å²) in [5.74, 6) is 0.605. The number of aromatic nitrogens is 2. The number of ether oxygens (including phenoxy) is 1. The molecule has 0 radical (unpaired) electrons. The Labute approximate surface area is 166 Å². The maximum atomic E-state index is 12.9. The highest BCUT2D eigenvalue weighted by molar-refractivity contribution is 7.15. The lowest BCUT2D eigenvalue weighted by Gasteiger charge is -2.24. The van der Waals surface area contributed by atoms with E-state index in [2.05, 4.69) is 10.3 Å². The van der Waals surface area contributed by atoms with Crippen LogP contribution in [-0.4, -0.2) is 45.9 Å². The van der Waals surface area contributed by atoms with Gasteiger partial charge in [0.1, 0.15) is 18.2 Å². The number of imidazole rings is 1. The second kappa shape index (κ2) is 8.70. The summed E-state index contributed by atoms with van der Waals surface area (Å²) in [7, 11) is 0. The first kappa shape index (κ1) is 18.9. The Hall–Kier alpha value is -2.45. The summed E-state index contributed by atoms with van der Waals surface area (Å²) in [6.45, 7) is 2.62. The predicted octanol–water partition coefficient (Wildman–Crippen LogP) is 3.08. The molecule has 1 aliphatic rings. The van der Waals surface area contributed by atoms with Crippen molar-refractivity contribution in [2.45, 2.75) is 31.8 Å². The van der Waals surface area contributed by atoms with Crippen molar-refractivity contribution in [3.63, 3.8) is 0 Å². The molecule has 3 heterocycles. The largest absolute Gasteiger partial charge is 0.492 e. The molecule has 148 valence electrons. The maximum absolute atomic E-state index is 12.9. The molecule has 6 nitrogen and oxygen atoms in total. The van der Waals surface area contributed by atoms with E-state index in [9.17, 15) is 9.18 Å². The highest BCUT2D eigenvalue weighted by Crippen LogP contribution is 2.24. The lowest BCUT2D eigenvalue weighted by molar-refractivity contribution is -0.129. The van der Waals surface area contributed by atoms with Gasteiger partial charge >= 0.3 is 0 Å². The van der Waals surface area contributed by atoms with E-state index in [1.165, 1.54) is 12.1 Å². The van der Waals surface area contributed by atoms with Gasteiger partial charge in [-0.05, 0) is 43.7 Å². The molecule has 1 atom stereocenters. The molecule has 0 unspecified atom stereocenters. The fourth-order valence-corrected chi connectivity index (χ4v) is 4.22. The molecule has 1 fully saturated rings. The van der Waals surface area contributed by atoms with Crippen molar-refractivity contribution in [2.24, 2.45) is 0 Å². The summed E-state index contributed by atoms with van der Waals surface area (Å²) in [6, 6.07) is 6.27. The summed E-state index contributed by atoms with van der Waals surface area (Å²) in [6.07, 6.45) is 6.40. The minimum absolute atomic E-state index is 0.209. The van der Waals surface area contributed by atoms with Gasteiger partial charge in [-0.1, -0.05) is 0 Å². The lowest BCUT2D eigenvalue weighted by atomic mass is 10.1. The monoisotopic (exact) mass is 402 g/mol. The second-order valence-electron chi connectivity index (χ2n) is 6.88. The molecule has 1 saturated heterocycles. The SMILES string of the molecule is O=C1CC[C@@H](CCNCCOc2ccc(F)cc2)N1Cc1cn2ccsc2n1. The van der Waals surface area contributed by atoms with E-state index in [1.54, 1.807) is 23.5 Å². The molecule has 0 spiro atoms. The van der Waals surface area contributed by atoms with Gasteiger partial charge in [0.25, 0.3) is 0 Å². The van der Waals surface area contributed by atoms with Crippen molar-refractivity contribution in [3.8, 4) is 5.75 Å². The smallest absolute Gasteiger partial charge is 0.223 e. The van der Waals surface area contributed by atoms with Gasteiger partial charge in [0.2, 0.25) is 5.91 Å². The molecule has 8 heteroatoms. The number of fused-ring (bicyclic) bond motifs is 1. The molecule has 3 aromatic rings. The third-order valence-corrected chi connectivity index (χ3v) is 5.71. The second-order valence-corrected chi connectivity index (χ2v) is 7.75. The fraction of sp³-hybridized carbons (Fsp3) is 0.400. The molecular formula is C20H23FN4O2S. The number of benzene rings is 1. The molecular weight excluding hydrogens is 379 g/mol. The number of hydrogen-bond acceptors (Lipinski definition) is 5. The Morgan fingerprint density at radius 1 is 1.29 bits per heavy atom. The number of hydrogen-bond donors (Lipinski definition) is 1. The zero-order valence-electron chi connectivity index (χ0n) is 15.5. The topological polar surface area (TPSA) is 58.9 Å². The standard InChI is InChI=1S/C20H23FN4O2S/c21-15-1-4-18(5-2-15)27-11-9-22-8-7-17-3-6-19(26)25(17)14-16-13-24-10-12-28-20(24)23-16/h1-2,4-5,10,12-13,17,22H,3,6-9,11,14H2/t17-/m0/s1. The number of likely N-dealkylation sites (tertiary alicyclic amines) is 1. The van der Waals surface area contributed by atoms with Gasteiger partial charge in [-0.25, -0.2) is 9.37 Å². The zero-order chi connectivity index (χ0) is 19.3. The first-order valence-corrected chi connectivity index (χ1v) is 10.4. The highest BCUT2D eigenvalue weighted by atomic mass is 32.1. The van der Waals surface area contributed by atoms with Gasteiger partial charge < -0.3 is 15.0 Å². The summed E-state index contributed by atoms with van der Waals surface area (Å²) < 4.78 is 20.4. The van der Waals surface area contributed by atoms with Gasteiger partial charge in [-0.3, -0.25) is 9.20 Å². The van der Waals surface area contributed by atoms with Crippen LogP contribution in [0, 0.1) is 5.82 Å². The van der Waals surface area contributed by atoms with Crippen molar-refractivity contribution in [1.29, 1.82) is 0 Å². The number of carbonyl (C=O) groups excluding carboxylic acids is 1. The average molecular weight is 402 g/mol. The summed E-state index contributed by atoms with van der Waals surface area (Å²) in [5.41, 5.74) is 0.938. The first-order valence-electron chi connectivity index (χ1n) is 9.49. The summed E-state index contributed by atoms with van der Waals surface area (Å²) in [5, 5.41) is 5.36. The minimum atomic E-state index is -0.267. The molecule has 1 aliphatic heterocycles.